The summed E-state index contributed by atoms with van der Waals surface area (Å²) in [6.07, 6.45) is 3.80. The number of benzene rings is 1. The lowest BCUT2D eigenvalue weighted by atomic mass is 9.70. The van der Waals surface area contributed by atoms with Crippen molar-refractivity contribution in [3.05, 3.63) is 35.9 Å². The first-order valence-electron chi connectivity index (χ1n) is 5.75. The van der Waals surface area contributed by atoms with Crippen LogP contribution in [0.25, 0.3) is 0 Å². The number of carbonyl (C=O) groups excluding carboxylic acids is 1. The highest BCUT2D eigenvalue weighted by Crippen LogP contribution is 2.35. The second kappa shape index (κ2) is 4.49. The molecule has 0 aromatic heterocycles. The van der Waals surface area contributed by atoms with Crippen LogP contribution in [0.2, 0.25) is 0 Å². The average Bonchev–Trinajstić information content (AvgIpc) is 2.34. The van der Waals surface area contributed by atoms with Gasteiger partial charge in [-0.2, -0.15) is 5.26 Å². The summed E-state index contributed by atoms with van der Waals surface area (Å²) in [7, 11) is 0. The summed E-state index contributed by atoms with van der Waals surface area (Å²) in [4.78, 5) is 11.9. The first-order chi connectivity index (χ1) is 7.77. The quantitative estimate of drug-likeness (QED) is 0.758. The minimum absolute atomic E-state index is 0.130. The maximum Gasteiger partial charge on any atom is 0.153 e. The highest BCUT2D eigenvalue weighted by Gasteiger charge is 2.39. The molecule has 1 aromatic carbocycles. The Morgan fingerprint density at radius 2 is 2.00 bits per heavy atom. The van der Waals surface area contributed by atoms with Gasteiger partial charge in [-0.1, -0.05) is 36.8 Å². The van der Waals surface area contributed by atoms with Crippen LogP contribution in [-0.4, -0.2) is 5.78 Å². The van der Waals surface area contributed by atoms with Crippen molar-refractivity contribution in [2.45, 2.75) is 32.1 Å². The minimum atomic E-state index is -0.750. The standard InChI is InChI=1S/C14H15NO/c15-11-14(9-5-4-8-13(14)16)10-12-6-2-1-3-7-12/h1-3,6-7H,4-5,8-10H2/t14-/m0/s1. The monoisotopic (exact) mass is 213 g/mol. The van der Waals surface area contributed by atoms with Crippen molar-refractivity contribution in [2.24, 2.45) is 5.41 Å². The molecule has 1 aliphatic rings. The van der Waals surface area contributed by atoms with Crippen molar-refractivity contribution in [2.75, 3.05) is 0 Å². The largest absolute Gasteiger partial charge is 0.298 e. The van der Waals surface area contributed by atoms with E-state index in [0.29, 0.717) is 12.8 Å². The SMILES string of the molecule is N#C[C@@]1(Cc2ccccc2)CCCCC1=O. The highest BCUT2D eigenvalue weighted by molar-refractivity contribution is 5.88. The molecule has 0 N–H and O–H groups in total. The molecule has 1 saturated carbocycles. The van der Waals surface area contributed by atoms with Crippen molar-refractivity contribution in [1.82, 2.24) is 0 Å². The molecule has 2 rings (SSSR count). The van der Waals surface area contributed by atoms with E-state index >= 15 is 0 Å². The lowest BCUT2D eigenvalue weighted by Crippen LogP contribution is -2.34. The fourth-order valence-corrected chi connectivity index (χ4v) is 2.38. The Bertz CT molecular complexity index is 418. The van der Waals surface area contributed by atoms with Crippen LogP contribution in [0.1, 0.15) is 31.2 Å². The van der Waals surface area contributed by atoms with Gasteiger partial charge in [-0.15, -0.1) is 0 Å². The van der Waals surface area contributed by atoms with Crippen molar-refractivity contribution in [1.29, 1.82) is 5.26 Å². The highest BCUT2D eigenvalue weighted by atomic mass is 16.1. The fourth-order valence-electron chi connectivity index (χ4n) is 2.38. The molecular weight excluding hydrogens is 198 g/mol. The third-order valence-corrected chi connectivity index (χ3v) is 3.35. The molecule has 2 heteroatoms. The Labute approximate surface area is 95.9 Å². The molecule has 1 aromatic rings. The van der Waals surface area contributed by atoms with Gasteiger partial charge in [0.1, 0.15) is 5.41 Å². The smallest absolute Gasteiger partial charge is 0.153 e. The van der Waals surface area contributed by atoms with Gasteiger partial charge in [-0.3, -0.25) is 4.79 Å². The number of nitrogens with zero attached hydrogens (tertiary/aromatic N) is 1. The van der Waals surface area contributed by atoms with Crippen molar-refractivity contribution < 1.29 is 4.79 Å². The van der Waals surface area contributed by atoms with Gasteiger partial charge < -0.3 is 0 Å². The Morgan fingerprint density at radius 3 is 2.62 bits per heavy atom. The van der Waals surface area contributed by atoms with Gasteiger partial charge in [0, 0.05) is 6.42 Å². The molecule has 1 aliphatic carbocycles. The predicted molar refractivity (Wildman–Crippen MR) is 61.7 cm³/mol. The van der Waals surface area contributed by atoms with Crippen LogP contribution in [0.4, 0.5) is 0 Å². The lowest BCUT2D eigenvalue weighted by Gasteiger charge is -2.29. The van der Waals surface area contributed by atoms with Crippen molar-refractivity contribution >= 4 is 5.78 Å². The van der Waals surface area contributed by atoms with Gasteiger partial charge in [-0.25, -0.2) is 0 Å². The third-order valence-electron chi connectivity index (χ3n) is 3.35. The average molecular weight is 213 g/mol. The van der Waals surface area contributed by atoms with Crippen LogP contribution in [0.15, 0.2) is 30.3 Å². The molecule has 1 atom stereocenters. The maximum atomic E-state index is 11.9. The Kier molecular flexibility index (Phi) is 3.05. The summed E-state index contributed by atoms with van der Waals surface area (Å²) >= 11 is 0. The summed E-state index contributed by atoms with van der Waals surface area (Å²) in [6, 6.07) is 12.1. The van der Waals surface area contributed by atoms with Gasteiger partial charge in [0.25, 0.3) is 0 Å². The van der Waals surface area contributed by atoms with Crippen molar-refractivity contribution in [3.8, 4) is 6.07 Å². The van der Waals surface area contributed by atoms with Gasteiger partial charge in [-0.05, 0) is 24.8 Å². The number of hydrogen-bond donors (Lipinski definition) is 0. The van der Waals surface area contributed by atoms with E-state index in [1.54, 1.807) is 0 Å². The maximum absolute atomic E-state index is 11.9. The number of hydrogen-bond acceptors (Lipinski definition) is 2. The lowest BCUT2D eigenvalue weighted by molar-refractivity contribution is -0.128. The van der Waals surface area contributed by atoms with E-state index in [1.807, 2.05) is 30.3 Å². The second-order valence-corrected chi connectivity index (χ2v) is 4.49. The van der Waals surface area contributed by atoms with Crippen LogP contribution in [0.5, 0.6) is 0 Å². The van der Waals surface area contributed by atoms with Crippen LogP contribution in [-0.2, 0) is 11.2 Å². The number of nitriles is 1. The number of ketones is 1. The van der Waals surface area contributed by atoms with Crippen LogP contribution in [0.3, 0.4) is 0 Å². The first-order valence-corrected chi connectivity index (χ1v) is 5.75. The normalized spacial score (nSPS) is 25.1. The molecule has 0 spiro atoms. The van der Waals surface area contributed by atoms with Crippen LogP contribution in [0, 0.1) is 16.7 Å². The molecule has 0 saturated heterocycles. The second-order valence-electron chi connectivity index (χ2n) is 4.49. The number of Topliss-reactive ketones (excluding diaryl/α,β-unsaturated/α-hetero) is 1. The van der Waals surface area contributed by atoms with Gasteiger partial charge in [0.05, 0.1) is 6.07 Å². The fraction of sp³-hybridized carbons (Fsp3) is 0.429. The molecule has 0 unspecified atom stereocenters. The summed E-state index contributed by atoms with van der Waals surface area (Å²) in [5, 5.41) is 9.30. The van der Waals surface area contributed by atoms with Gasteiger partial charge in [0.2, 0.25) is 0 Å². The minimum Gasteiger partial charge on any atom is -0.298 e. The van der Waals surface area contributed by atoms with Gasteiger partial charge in [0.15, 0.2) is 5.78 Å². The molecule has 0 radical (unpaired) electrons. The van der Waals surface area contributed by atoms with Crippen molar-refractivity contribution in [3.63, 3.8) is 0 Å². The molecule has 1 fully saturated rings. The molecule has 82 valence electrons. The summed E-state index contributed by atoms with van der Waals surface area (Å²) in [5.74, 6) is 0.130. The molecule has 16 heavy (non-hydrogen) atoms. The molecule has 0 amide bonds. The zero-order chi connectivity index (χ0) is 11.4. The third kappa shape index (κ3) is 1.99. The molecule has 0 aliphatic heterocycles. The Morgan fingerprint density at radius 1 is 1.25 bits per heavy atom. The van der Waals surface area contributed by atoms with E-state index < -0.39 is 5.41 Å². The predicted octanol–water partition coefficient (Wildman–Crippen LogP) is 2.88. The topological polar surface area (TPSA) is 40.9 Å². The number of carbonyl (C=O) groups is 1. The van der Waals surface area contributed by atoms with E-state index in [-0.39, 0.29) is 5.78 Å². The van der Waals surface area contributed by atoms with Crippen LogP contribution < -0.4 is 0 Å². The number of rotatable bonds is 2. The molecule has 2 nitrogen and oxygen atoms in total. The van der Waals surface area contributed by atoms with E-state index in [2.05, 4.69) is 6.07 Å². The molecular formula is C14H15NO. The Balaban J connectivity index is 2.23. The van der Waals surface area contributed by atoms with E-state index in [0.717, 1.165) is 24.8 Å². The zero-order valence-electron chi connectivity index (χ0n) is 9.28. The van der Waals surface area contributed by atoms with Crippen LogP contribution >= 0.6 is 0 Å². The summed E-state index contributed by atoms with van der Waals surface area (Å²) < 4.78 is 0. The Hall–Kier alpha value is -1.62. The van der Waals surface area contributed by atoms with Gasteiger partial charge >= 0.3 is 0 Å². The van der Waals surface area contributed by atoms with E-state index in [1.165, 1.54) is 0 Å². The zero-order valence-corrected chi connectivity index (χ0v) is 9.28. The van der Waals surface area contributed by atoms with E-state index in [9.17, 15) is 10.1 Å². The summed E-state index contributed by atoms with van der Waals surface area (Å²) in [6.45, 7) is 0. The molecule has 0 bridgehead atoms. The first kappa shape index (κ1) is 10.9. The summed E-state index contributed by atoms with van der Waals surface area (Å²) in [5.41, 5.74) is 0.332. The molecule has 0 heterocycles. The van der Waals surface area contributed by atoms with E-state index in [4.69, 9.17) is 0 Å².